The Morgan fingerprint density at radius 2 is 2.25 bits per heavy atom. The maximum Gasteiger partial charge on any atom is 0.205 e. The van der Waals surface area contributed by atoms with Crippen LogP contribution in [0.2, 0.25) is 0 Å². The monoisotopic (exact) mass is 273 g/mol. The van der Waals surface area contributed by atoms with E-state index in [0.717, 1.165) is 5.00 Å². The van der Waals surface area contributed by atoms with Crippen LogP contribution in [0.1, 0.15) is 0 Å². The lowest BCUT2D eigenvalue weighted by Gasteiger charge is -1.75. The van der Waals surface area contributed by atoms with Gasteiger partial charge in [0.15, 0.2) is 0 Å². The molecule has 0 bridgehead atoms. The molecule has 0 amide bonds. The topological polar surface area (TPSA) is 29.4 Å². The molecule has 0 fully saturated rings. The zero-order valence-corrected chi connectivity index (χ0v) is 10.4. The molecule has 1 heterocycles. The van der Waals surface area contributed by atoms with Crippen molar-refractivity contribution in [2.45, 2.75) is 0 Å². The molecule has 0 spiro atoms. The predicted molar refractivity (Wildman–Crippen MR) is 61.3 cm³/mol. The highest BCUT2D eigenvalue weighted by Crippen LogP contribution is 2.24. The summed E-state index contributed by atoms with van der Waals surface area (Å²) in [7, 11) is 8.13. The second kappa shape index (κ2) is 6.87. The third kappa shape index (κ3) is 4.43. The van der Waals surface area contributed by atoms with Crippen LogP contribution in [0.25, 0.3) is 0 Å². The summed E-state index contributed by atoms with van der Waals surface area (Å²) in [6.45, 7) is 0. The van der Waals surface area contributed by atoms with Crippen molar-refractivity contribution in [2.24, 2.45) is 4.36 Å². The summed E-state index contributed by atoms with van der Waals surface area (Å²) < 4.78 is 13.8. The van der Waals surface area contributed by atoms with Crippen LogP contribution in [0.3, 0.4) is 0 Å². The Morgan fingerprint density at radius 3 is 3.08 bits per heavy atom. The molecule has 0 atom stereocenters. The van der Waals surface area contributed by atoms with E-state index in [-0.39, 0.29) is 11.5 Å². The number of hydrogen-bond acceptors (Lipinski definition) is 7. The van der Waals surface area contributed by atoms with Crippen LogP contribution in [0, 0.1) is 0 Å². The number of hydrogen-bond donors (Lipinski definition) is 0. The fourth-order valence-electron chi connectivity index (χ4n) is 0.363. The molecule has 0 unspecified atom stereocenters. The van der Waals surface area contributed by atoms with E-state index < -0.39 is 0 Å². The zero-order valence-electron chi connectivity index (χ0n) is 5.54. The van der Waals surface area contributed by atoms with Crippen molar-refractivity contribution in [3.05, 3.63) is 17.5 Å². The molecule has 12 heavy (non-hydrogen) atoms. The van der Waals surface area contributed by atoms with Gasteiger partial charge in [-0.15, -0.1) is 4.36 Å². The Bertz CT molecular complexity index is 319. The first-order valence-electron chi connectivity index (χ1n) is 2.63. The predicted octanol–water partition coefficient (Wildman–Crippen LogP) is 4.27. The highest BCUT2D eigenvalue weighted by atomic mass is 33.5. The van der Waals surface area contributed by atoms with Crippen LogP contribution in [-0.4, -0.2) is 4.21 Å². The van der Waals surface area contributed by atoms with Crippen LogP contribution in [0.5, 0.6) is 0 Å². The van der Waals surface area contributed by atoms with E-state index in [1.165, 1.54) is 10.3 Å². The Balaban J connectivity index is 3.18. The van der Waals surface area contributed by atoms with E-state index in [4.69, 9.17) is 0 Å². The molecule has 0 aliphatic carbocycles. The Kier molecular flexibility index (Phi) is 6.00. The lowest BCUT2D eigenvalue weighted by molar-refractivity contribution is 0.698. The van der Waals surface area contributed by atoms with Crippen molar-refractivity contribution in [1.82, 2.24) is 0 Å². The van der Waals surface area contributed by atoms with Crippen LogP contribution < -0.4 is 0 Å². The minimum Gasteiger partial charge on any atom is -0.191 e. The van der Waals surface area contributed by atoms with Gasteiger partial charge < -0.3 is 0 Å². The molecule has 1 aromatic rings. The first kappa shape index (κ1) is 10.5. The van der Waals surface area contributed by atoms with Gasteiger partial charge in [-0.05, 0) is 50.5 Å². The molecule has 66 valence electrons. The molecule has 0 aliphatic rings. The first-order chi connectivity index (χ1) is 5.93. The lowest BCUT2D eigenvalue weighted by atomic mass is 10.6. The average Bonchev–Trinajstić information content (AvgIpc) is 2.19. The molecule has 2 nitrogen and oxygen atoms in total. The maximum atomic E-state index is 10.1. The maximum absolute atomic E-state index is 10.1. The van der Waals surface area contributed by atoms with Crippen molar-refractivity contribution < 1.29 is 4.21 Å². The van der Waals surface area contributed by atoms with Crippen LogP contribution in [-0.2, 0) is 11.5 Å². The van der Waals surface area contributed by atoms with Gasteiger partial charge in [0, 0.05) is 5.38 Å². The van der Waals surface area contributed by atoms with E-state index in [1.54, 1.807) is 38.4 Å². The first-order valence-corrected chi connectivity index (χ1v) is 9.55. The minimum atomic E-state index is 0.247. The van der Waals surface area contributed by atoms with Gasteiger partial charge in [0.1, 0.15) is 5.00 Å². The van der Waals surface area contributed by atoms with Crippen molar-refractivity contribution >= 4 is 65.2 Å². The SMILES string of the molecule is O=S=Nc1cccsssss1. The Labute approximate surface area is 90.6 Å². The van der Waals surface area contributed by atoms with E-state index in [2.05, 4.69) is 4.36 Å². The highest BCUT2D eigenvalue weighted by Gasteiger charge is 1.81. The Morgan fingerprint density at radius 1 is 1.33 bits per heavy atom. The summed E-state index contributed by atoms with van der Waals surface area (Å²) in [4.78, 5) is 0. The van der Waals surface area contributed by atoms with Crippen molar-refractivity contribution in [3.63, 3.8) is 0 Å². The summed E-state index contributed by atoms with van der Waals surface area (Å²) in [6.07, 6.45) is 0. The van der Waals surface area contributed by atoms with Gasteiger partial charge in [0.25, 0.3) is 0 Å². The fraction of sp³-hybridized carbons (Fsp3) is 0. The molecule has 0 aliphatic heterocycles. The van der Waals surface area contributed by atoms with Gasteiger partial charge in [-0.1, -0.05) is 10.3 Å². The van der Waals surface area contributed by atoms with Gasteiger partial charge in [-0.25, -0.2) is 0 Å². The standard InChI is InChI=1S/C4H3NOS6/c6-9-5-4-2-1-3-7-10-12-11-8-4/h1-3H. The van der Waals surface area contributed by atoms with Gasteiger partial charge in [0.05, 0.1) is 0 Å². The molecule has 8 heteroatoms. The van der Waals surface area contributed by atoms with E-state index >= 15 is 0 Å². The smallest absolute Gasteiger partial charge is 0.191 e. The lowest BCUT2D eigenvalue weighted by Crippen LogP contribution is -1.46. The fourth-order valence-corrected chi connectivity index (χ4v) is 8.25. The normalized spacial score (nSPS) is 8.33. The molecule has 1 rings (SSSR count). The Hall–Kier alpha value is 0.400. The second-order valence-electron chi connectivity index (χ2n) is 1.38. The van der Waals surface area contributed by atoms with E-state index in [1.807, 2.05) is 17.5 Å². The molecular weight excluding hydrogens is 270 g/mol. The van der Waals surface area contributed by atoms with Crippen LogP contribution >= 0.6 is 48.7 Å². The third-order valence-electron chi connectivity index (χ3n) is 0.714. The summed E-state index contributed by atoms with van der Waals surface area (Å²) in [5.41, 5.74) is 0. The minimum absolute atomic E-state index is 0.247. The van der Waals surface area contributed by atoms with Gasteiger partial charge >= 0.3 is 0 Å². The quantitative estimate of drug-likeness (QED) is 0.703. The molecular formula is C4H3NOS6. The van der Waals surface area contributed by atoms with E-state index in [0.29, 0.717) is 0 Å². The molecule has 0 radical (unpaired) electrons. The van der Waals surface area contributed by atoms with Crippen molar-refractivity contribution in [2.75, 3.05) is 0 Å². The second-order valence-corrected chi connectivity index (χ2v) is 9.15. The zero-order chi connectivity index (χ0) is 8.65. The third-order valence-corrected chi connectivity index (χ3v) is 8.96. The molecule has 1 aromatic heterocycles. The summed E-state index contributed by atoms with van der Waals surface area (Å²) in [5, 5.41) is 2.72. The van der Waals surface area contributed by atoms with E-state index in [9.17, 15) is 4.21 Å². The summed E-state index contributed by atoms with van der Waals surface area (Å²) >= 11 is 0.247. The van der Waals surface area contributed by atoms with Crippen LogP contribution in [0.15, 0.2) is 21.9 Å². The molecule has 0 saturated heterocycles. The number of nitrogens with zero attached hydrogens (tertiary/aromatic N) is 1. The number of rotatable bonds is 1. The molecule has 0 saturated carbocycles. The highest BCUT2D eigenvalue weighted by molar-refractivity contribution is 8.14. The van der Waals surface area contributed by atoms with Crippen molar-refractivity contribution in [3.8, 4) is 0 Å². The largest absolute Gasteiger partial charge is 0.205 e. The van der Waals surface area contributed by atoms with Crippen molar-refractivity contribution in [1.29, 1.82) is 0 Å². The molecule has 0 aromatic carbocycles. The van der Waals surface area contributed by atoms with Gasteiger partial charge in [0.2, 0.25) is 11.5 Å². The van der Waals surface area contributed by atoms with Gasteiger partial charge in [-0.3, -0.25) is 0 Å². The average molecular weight is 273 g/mol. The van der Waals surface area contributed by atoms with Crippen LogP contribution in [0.4, 0.5) is 5.00 Å². The summed E-state index contributed by atoms with van der Waals surface area (Å²) in [6, 6.07) is 3.73. The van der Waals surface area contributed by atoms with Gasteiger partial charge in [-0.2, -0.15) is 4.21 Å². The molecule has 0 N–H and O–H groups in total. The summed E-state index contributed by atoms with van der Waals surface area (Å²) in [5.74, 6) is 0.